The van der Waals surface area contributed by atoms with Crippen LogP contribution in [0.2, 0.25) is 0 Å². The lowest BCUT2D eigenvalue weighted by Crippen LogP contribution is -2.40. The third kappa shape index (κ3) is 5.11. The molecule has 0 spiro atoms. The number of hydrogen-bond donors (Lipinski definition) is 1. The molecule has 4 rings (SSSR count). The van der Waals surface area contributed by atoms with Gasteiger partial charge in [0.05, 0.1) is 27.4 Å². The number of methoxy groups -OCH3 is 2. The number of carbonyl (C=O) groups excluding carboxylic acids is 1. The first-order valence-corrected chi connectivity index (χ1v) is 12.1. The van der Waals surface area contributed by atoms with E-state index in [9.17, 15) is 13.2 Å². The van der Waals surface area contributed by atoms with Gasteiger partial charge >= 0.3 is 0 Å². The lowest BCUT2D eigenvalue weighted by molar-refractivity contribution is -0.111. The molecule has 0 saturated carbocycles. The molecule has 1 saturated heterocycles. The number of benzene rings is 2. The summed E-state index contributed by atoms with van der Waals surface area (Å²) < 4.78 is 54.6. The Hall–Kier alpha value is -3.28. The molecule has 10 nitrogen and oxygen atoms in total. The SMILES string of the molecule is COc1ccc(NC(=O)/C=C/c2cc(OC)c3c(c2)OCCO3)cc1S(=O)(=O)N1CCOCC1. The Labute approximate surface area is 198 Å². The van der Waals surface area contributed by atoms with Gasteiger partial charge in [0, 0.05) is 24.9 Å². The Kier molecular flexibility index (Phi) is 7.25. The number of carbonyl (C=O) groups is 1. The summed E-state index contributed by atoms with van der Waals surface area (Å²) in [6.07, 6.45) is 2.94. The predicted octanol–water partition coefficient (Wildman–Crippen LogP) is 2.15. The molecule has 0 aliphatic carbocycles. The van der Waals surface area contributed by atoms with Crippen molar-refractivity contribution in [2.75, 3.05) is 59.1 Å². The molecule has 1 amide bonds. The highest BCUT2D eigenvalue weighted by molar-refractivity contribution is 7.89. The second-order valence-corrected chi connectivity index (χ2v) is 9.36. The second kappa shape index (κ2) is 10.3. The molecule has 0 radical (unpaired) electrons. The standard InChI is InChI=1S/C23H26N2O8S/c1-29-18-5-4-17(15-21(18)34(27,28)25-7-9-31-10-8-25)24-22(26)6-3-16-13-19(30-2)23-20(14-16)32-11-12-33-23/h3-6,13-15H,7-12H2,1-2H3,(H,24,26)/b6-3+. The van der Waals surface area contributed by atoms with Crippen LogP contribution in [0.25, 0.3) is 6.08 Å². The van der Waals surface area contributed by atoms with Crippen LogP contribution < -0.4 is 24.3 Å². The highest BCUT2D eigenvalue weighted by Gasteiger charge is 2.29. The van der Waals surface area contributed by atoms with Crippen LogP contribution in [0, 0.1) is 0 Å². The summed E-state index contributed by atoms with van der Waals surface area (Å²) in [5.74, 6) is 1.34. The molecular formula is C23H26N2O8S. The van der Waals surface area contributed by atoms with Crippen molar-refractivity contribution in [2.24, 2.45) is 0 Å². The van der Waals surface area contributed by atoms with Gasteiger partial charge in [0.2, 0.25) is 21.7 Å². The fraction of sp³-hybridized carbons (Fsp3) is 0.348. The summed E-state index contributed by atoms with van der Waals surface area (Å²) in [7, 11) is -0.889. The van der Waals surface area contributed by atoms with Crippen molar-refractivity contribution in [1.82, 2.24) is 4.31 Å². The van der Waals surface area contributed by atoms with Crippen molar-refractivity contribution in [3.63, 3.8) is 0 Å². The van der Waals surface area contributed by atoms with Crippen LogP contribution in [0.4, 0.5) is 5.69 Å². The largest absolute Gasteiger partial charge is 0.495 e. The third-order valence-corrected chi connectivity index (χ3v) is 7.22. The Bertz CT molecular complexity index is 1170. The number of ether oxygens (including phenoxy) is 5. The zero-order valence-electron chi connectivity index (χ0n) is 18.9. The number of hydrogen-bond acceptors (Lipinski definition) is 8. The normalized spacial score (nSPS) is 16.3. The molecule has 2 aliphatic heterocycles. The molecule has 0 aromatic heterocycles. The smallest absolute Gasteiger partial charge is 0.248 e. The molecule has 0 bridgehead atoms. The minimum atomic E-state index is -3.82. The summed E-state index contributed by atoms with van der Waals surface area (Å²) in [5, 5.41) is 2.69. The Morgan fingerprint density at radius 2 is 1.74 bits per heavy atom. The number of anilines is 1. The number of sulfonamides is 1. The monoisotopic (exact) mass is 490 g/mol. The van der Waals surface area contributed by atoms with Crippen LogP contribution in [0.5, 0.6) is 23.0 Å². The van der Waals surface area contributed by atoms with Crippen LogP contribution in [0.3, 0.4) is 0 Å². The lowest BCUT2D eigenvalue weighted by Gasteiger charge is -2.26. The van der Waals surface area contributed by atoms with E-state index >= 15 is 0 Å². The summed E-state index contributed by atoms with van der Waals surface area (Å²) >= 11 is 0. The van der Waals surface area contributed by atoms with Gasteiger partial charge in [-0.3, -0.25) is 4.79 Å². The number of rotatable bonds is 7. The van der Waals surface area contributed by atoms with Crippen molar-refractivity contribution >= 4 is 27.7 Å². The van der Waals surface area contributed by atoms with Crippen LogP contribution >= 0.6 is 0 Å². The van der Waals surface area contributed by atoms with Crippen molar-refractivity contribution in [3.05, 3.63) is 42.0 Å². The van der Waals surface area contributed by atoms with E-state index in [0.717, 1.165) is 0 Å². The lowest BCUT2D eigenvalue weighted by atomic mass is 10.1. The number of morpholine rings is 1. The van der Waals surface area contributed by atoms with E-state index in [0.29, 0.717) is 54.9 Å². The van der Waals surface area contributed by atoms with E-state index in [1.807, 2.05) is 0 Å². The summed E-state index contributed by atoms with van der Waals surface area (Å²) in [6.45, 7) is 2.03. The van der Waals surface area contributed by atoms with E-state index < -0.39 is 15.9 Å². The van der Waals surface area contributed by atoms with Gasteiger partial charge in [-0.15, -0.1) is 0 Å². The van der Waals surface area contributed by atoms with Crippen LogP contribution in [-0.4, -0.2) is 72.4 Å². The molecule has 0 unspecified atom stereocenters. The highest BCUT2D eigenvalue weighted by Crippen LogP contribution is 2.40. The summed E-state index contributed by atoms with van der Waals surface area (Å²) in [6, 6.07) is 7.97. The average molecular weight is 491 g/mol. The molecule has 2 aromatic rings. The van der Waals surface area contributed by atoms with Crippen LogP contribution in [-0.2, 0) is 19.6 Å². The molecule has 0 atom stereocenters. The molecule has 2 aliphatic rings. The van der Waals surface area contributed by atoms with Gasteiger partial charge in [0.1, 0.15) is 23.9 Å². The summed E-state index contributed by atoms with van der Waals surface area (Å²) in [5.41, 5.74) is 1.00. The maximum atomic E-state index is 13.1. The molecule has 11 heteroatoms. The molecule has 34 heavy (non-hydrogen) atoms. The zero-order valence-corrected chi connectivity index (χ0v) is 19.7. The van der Waals surface area contributed by atoms with Crippen molar-refractivity contribution in [2.45, 2.75) is 4.90 Å². The van der Waals surface area contributed by atoms with Gasteiger partial charge in [0.25, 0.3) is 0 Å². The molecule has 2 heterocycles. The minimum absolute atomic E-state index is 0.0183. The van der Waals surface area contributed by atoms with Gasteiger partial charge in [-0.1, -0.05) is 0 Å². The maximum Gasteiger partial charge on any atom is 0.248 e. The molecular weight excluding hydrogens is 464 g/mol. The first-order valence-electron chi connectivity index (χ1n) is 10.6. The Morgan fingerprint density at radius 3 is 2.47 bits per heavy atom. The van der Waals surface area contributed by atoms with Gasteiger partial charge in [-0.2, -0.15) is 4.31 Å². The van der Waals surface area contributed by atoms with Crippen LogP contribution in [0.1, 0.15) is 5.56 Å². The number of fused-ring (bicyclic) bond motifs is 1. The number of nitrogens with one attached hydrogen (secondary N) is 1. The van der Waals surface area contributed by atoms with Crippen molar-refractivity contribution < 1.29 is 36.9 Å². The quantitative estimate of drug-likeness (QED) is 0.588. The van der Waals surface area contributed by atoms with E-state index in [2.05, 4.69) is 5.32 Å². The van der Waals surface area contributed by atoms with Crippen molar-refractivity contribution in [1.29, 1.82) is 0 Å². The third-order valence-electron chi connectivity index (χ3n) is 5.30. The fourth-order valence-corrected chi connectivity index (χ4v) is 5.22. The number of nitrogens with zero attached hydrogens (tertiary/aromatic N) is 1. The molecule has 2 aromatic carbocycles. The van der Waals surface area contributed by atoms with E-state index in [-0.39, 0.29) is 23.7 Å². The molecule has 1 N–H and O–H groups in total. The maximum absolute atomic E-state index is 13.1. The molecule has 182 valence electrons. The average Bonchev–Trinajstić information content (AvgIpc) is 2.87. The topological polar surface area (TPSA) is 113 Å². The van der Waals surface area contributed by atoms with Gasteiger partial charge in [0.15, 0.2) is 11.5 Å². The van der Waals surface area contributed by atoms with E-state index in [4.69, 9.17) is 23.7 Å². The summed E-state index contributed by atoms with van der Waals surface area (Å²) in [4.78, 5) is 12.5. The minimum Gasteiger partial charge on any atom is -0.495 e. The van der Waals surface area contributed by atoms with Gasteiger partial charge in [-0.05, 0) is 42.0 Å². The van der Waals surface area contributed by atoms with Gasteiger partial charge in [-0.25, -0.2) is 8.42 Å². The van der Waals surface area contributed by atoms with Crippen molar-refractivity contribution in [3.8, 4) is 23.0 Å². The predicted molar refractivity (Wildman–Crippen MR) is 124 cm³/mol. The van der Waals surface area contributed by atoms with E-state index in [1.165, 1.54) is 36.7 Å². The van der Waals surface area contributed by atoms with Crippen LogP contribution in [0.15, 0.2) is 41.3 Å². The Balaban J connectivity index is 1.52. The highest BCUT2D eigenvalue weighted by atomic mass is 32.2. The number of amides is 1. The zero-order chi connectivity index (χ0) is 24.1. The molecule has 1 fully saturated rings. The first-order chi connectivity index (χ1) is 16.4. The second-order valence-electron chi connectivity index (χ2n) is 7.45. The van der Waals surface area contributed by atoms with E-state index in [1.54, 1.807) is 24.3 Å². The first kappa shape index (κ1) is 23.9. The fourth-order valence-electron chi connectivity index (χ4n) is 3.63. The Morgan fingerprint density at radius 1 is 1.00 bits per heavy atom. The van der Waals surface area contributed by atoms with Gasteiger partial charge < -0.3 is 29.0 Å².